The summed E-state index contributed by atoms with van der Waals surface area (Å²) in [5.41, 5.74) is 2.72. The highest BCUT2D eigenvalue weighted by atomic mass is 16.5. The molecule has 0 spiro atoms. The van der Waals surface area contributed by atoms with Crippen LogP contribution in [-0.2, 0) is 11.4 Å². The second-order valence-corrected chi connectivity index (χ2v) is 8.39. The SMILES string of the molecule is O=C(O)[C@@H](c1c[nH]c2cc(OCc3ccccc3)ccc12)N1CCCN(c2ncccn2)CC1. The molecule has 2 aromatic heterocycles. The van der Waals surface area contributed by atoms with Gasteiger partial charge in [-0.15, -0.1) is 0 Å². The first kappa shape index (κ1) is 21.9. The molecule has 3 heterocycles. The van der Waals surface area contributed by atoms with Gasteiger partial charge in [-0.2, -0.15) is 0 Å². The number of H-pyrrole nitrogens is 1. The lowest BCUT2D eigenvalue weighted by molar-refractivity contribution is -0.143. The van der Waals surface area contributed by atoms with E-state index in [9.17, 15) is 9.90 Å². The van der Waals surface area contributed by atoms with Gasteiger partial charge in [0.25, 0.3) is 0 Å². The number of carboxylic acids is 1. The molecule has 1 atom stereocenters. The standard InChI is InChI=1S/C26H27N5O3/c32-25(33)24(30-12-5-13-31(15-14-30)26-27-10-4-11-28-26)22-17-29-23-16-20(8-9-21(22)23)34-18-19-6-2-1-3-7-19/h1-4,6-11,16-17,24,29H,5,12-15,18H2,(H,32,33)/t24-/m1/s1. The van der Waals surface area contributed by atoms with Crippen molar-refractivity contribution in [1.82, 2.24) is 19.9 Å². The van der Waals surface area contributed by atoms with Crippen LogP contribution in [0.1, 0.15) is 23.6 Å². The van der Waals surface area contributed by atoms with Crippen molar-refractivity contribution < 1.29 is 14.6 Å². The van der Waals surface area contributed by atoms with Crippen molar-refractivity contribution in [3.05, 3.63) is 84.3 Å². The molecule has 0 bridgehead atoms. The van der Waals surface area contributed by atoms with Crippen molar-refractivity contribution in [2.75, 3.05) is 31.1 Å². The van der Waals surface area contributed by atoms with Crippen molar-refractivity contribution in [1.29, 1.82) is 0 Å². The maximum atomic E-state index is 12.4. The molecule has 2 N–H and O–H groups in total. The fraction of sp³-hybridized carbons (Fsp3) is 0.269. The Labute approximate surface area is 197 Å². The highest BCUT2D eigenvalue weighted by Crippen LogP contribution is 2.32. The number of fused-ring (bicyclic) bond motifs is 1. The highest BCUT2D eigenvalue weighted by Gasteiger charge is 2.31. The van der Waals surface area contributed by atoms with E-state index in [1.165, 1.54) is 0 Å². The van der Waals surface area contributed by atoms with Gasteiger partial charge in [-0.3, -0.25) is 9.69 Å². The maximum absolute atomic E-state index is 12.4. The Kier molecular flexibility index (Phi) is 6.40. The molecule has 5 rings (SSSR count). The van der Waals surface area contributed by atoms with Crippen molar-refractivity contribution in [2.24, 2.45) is 0 Å². The zero-order valence-corrected chi connectivity index (χ0v) is 18.8. The van der Waals surface area contributed by atoms with Crippen LogP contribution in [0.5, 0.6) is 5.75 Å². The number of rotatable bonds is 7. The minimum atomic E-state index is -0.852. The molecule has 4 aromatic rings. The van der Waals surface area contributed by atoms with Gasteiger partial charge in [0, 0.05) is 67.3 Å². The first-order valence-electron chi connectivity index (χ1n) is 11.5. The van der Waals surface area contributed by atoms with Gasteiger partial charge >= 0.3 is 5.97 Å². The Hall–Kier alpha value is -3.91. The second kappa shape index (κ2) is 9.93. The first-order valence-corrected chi connectivity index (χ1v) is 11.5. The number of nitrogens with one attached hydrogen (secondary N) is 1. The summed E-state index contributed by atoms with van der Waals surface area (Å²) in [4.78, 5) is 28.5. The number of ether oxygens (including phenoxy) is 1. The number of nitrogens with zero attached hydrogens (tertiary/aromatic N) is 4. The minimum absolute atomic E-state index is 0.479. The molecule has 1 aliphatic rings. The molecule has 0 radical (unpaired) electrons. The molecule has 1 aliphatic heterocycles. The van der Waals surface area contributed by atoms with Crippen LogP contribution in [0, 0.1) is 0 Å². The summed E-state index contributed by atoms with van der Waals surface area (Å²) < 4.78 is 5.94. The zero-order chi connectivity index (χ0) is 23.3. The molecule has 8 nitrogen and oxygen atoms in total. The minimum Gasteiger partial charge on any atom is -0.489 e. The van der Waals surface area contributed by atoms with Crippen molar-refractivity contribution in [3.63, 3.8) is 0 Å². The summed E-state index contributed by atoms with van der Waals surface area (Å²) in [7, 11) is 0. The molecule has 2 aromatic carbocycles. The Morgan fingerprint density at radius 3 is 2.65 bits per heavy atom. The van der Waals surface area contributed by atoms with E-state index in [1.54, 1.807) is 18.5 Å². The Morgan fingerprint density at radius 2 is 1.85 bits per heavy atom. The molecule has 1 fully saturated rings. The van der Waals surface area contributed by atoms with Crippen LogP contribution < -0.4 is 9.64 Å². The molecule has 8 heteroatoms. The van der Waals surface area contributed by atoms with E-state index in [0.717, 1.165) is 40.7 Å². The monoisotopic (exact) mass is 457 g/mol. The third kappa shape index (κ3) is 4.72. The predicted octanol–water partition coefficient (Wildman–Crippen LogP) is 3.87. The lowest BCUT2D eigenvalue weighted by Crippen LogP contribution is -2.37. The molecular formula is C26H27N5O3. The second-order valence-electron chi connectivity index (χ2n) is 8.39. The van der Waals surface area contributed by atoms with Gasteiger partial charge in [0.05, 0.1) is 0 Å². The maximum Gasteiger partial charge on any atom is 0.325 e. The van der Waals surface area contributed by atoms with E-state index < -0.39 is 12.0 Å². The summed E-state index contributed by atoms with van der Waals surface area (Å²) in [5, 5.41) is 11.1. The van der Waals surface area contributed by atoms with Crippen LogP contribution in [0.4, 0.5) is 5.95 Å². The number of aromatic amines is 1. The van der Waals surface area contributed by atoms with Gasteiger partial charge in [0.15, 0.2) is 0 Å². The Balaban J connectivity index is 1.33. The Morgan fingerprint density at radius 1 is 1.03 bits per heavy atom. The lowest BCUT2D eigenvalue weighted by atomic mass is 10.0. The van der Waals surface area contributed by atoms with Gasteiger partial charge in [0.1, 0.15) is 18.4 Å². The molecule has 34 heavy (non-hydrogen) atoms. The molecule has 0 aliphatic carbocycles. The summed E-state index contributed by atoms with van der Waals surface area (Å²) in [6.07, 6.45) is 6.11. The largest absolute Gasteiger partial charge is 0.489 e. The quantitative estimate of drug-likeness (QED) is 0.435. The third-order valence-corrected chi connectivity index (χ3v) is 6.19. The number of benzene rings is 2. The van der Waals surface area contributed by atoms with Crippen molar-refractivity contribution in [3.8, 4) is 5.75 Å². The van der Waals surface area contributed by atoms with Gasteiger partial charge in [-0.05, 0) is 30.2 Å². The van der Waals surface area contributed by atoms with Crippen LogP contribution in [0.15, 0.2) is 73.2 Å². The van der Waals surface area contributed by atoms with E-state index in [1.807, 2.05) is 59.6 Å². The molecule has 0 saturated carbocycles. The van der Waals surface area contributed by atoms with Gasteiger partial charge in [-0.25, -0.2) is 9.97 Å². The number of carboxylic acid groups (broad SMARTS) is 1. The molecule has 1 saturated heterocycles. The number of carbonyl (C=O) groups is 1. The summed E-state index contributed by atoms with van der Waals surface area (Å²) in [5.74, 6) is 0.575. The fourth-order valence-corrected chi connectivity index (χ4v) is 4.52. The van der Waals surface area contributed by atoms with E-state index >= 15 is 0 Å². The smallest absolute Gasteiger partial charge is 0.325 e. The number of anilines is 1. The number of hydrogen-bond donors (Lipinski definition) is 2. The topological polar surface area (TPSA) is 94.6 Å². The Bertz CT molecular complexity index is 1250. The summed E-state index contributed by atoms with van der Waals surface area (Å²) >= 11 is 0. The predicted molar refractivity (Wildman–Crippen MR) is 130 cm³/mol. The van der Waals surface area contributed by atoms with Crippen molar-refractivity contribution in [2.45, 2.75) is 19.1 Å². The third-order valence-electron chi connectivity index (χ3n) is 6.19. The van der Waals surface area contributed by atoms with Crippen LogP contribution in [0.2, 0.25) is 0 Å². The fourth-order valence-electron chi connectivity index (χ4n) is 4.52. The number of aromatic nitrogens is 3. The molecule has 0 amide bonds. The van der Waals surface area contributed by atoms with Crippen LogP contribution >= 0.6 is 0 Å². The van der Waals surface area contributed by atoms with Crippen molar-refractivity contribution >= 4 is 22.8 Å². The zero-order valence-electron chi connectivity index (χ0n) is 18.8. The average molecular weight is 458 g/mol. The highest BCUT2D eigenvalue weighted by molar-refractivity contribution is 5.90. The van der Waals surface area contributed by atoms with Crippen LogP contribution in [0.25, 0.3) is 10.9 Å². The van der Waals surface area contributed by atoms with Crippen LogP contribution in [0.3, 0.4) is 0 Å². The van der Waals surface area contributed by atoms with Gasteiger partial charge < -0.3 is 19.7 Å². The van der Waals surface area contributed by atoms with E-state index in [2.05, 4.69) is 19.9 Å². The van der Waals surface area contributed by atoms with E-state index in [-0.39, 0.29) is 0 Å². The molecule has 174 valence electrons. The number of aliphatic carboxylic acids is 1. The molecular weight excluding hydrogens is 430 g/mol. The summed E-state index contributed by atoms with van der Waals surface area (Å²) in [6.45, 7) is 3.24. The normalized spacial score (nSPS) is 15.7. The van der Waals surface area contributed by atoms with E-state index in [4.69, 9.17) is 4.74 Å². The molecule has 0 unspecified atom stereocenters. The lowest BCUT2D eigenvalue weighted by Gasteiger charge is -2.27. The van der Waals surface area contributed by atoms with Gasteiger partial charge in [-0.1, -0.05) is 30.3 Å². The van der Waals surface area contributed by atoms with Gasteiger partial charge in [0.2, 0.25) is 5.95 Å². The average Bonchev–Trinajstić information content (AvgIpc) is 3.12. The van der Waals surface area contributed by atoms with E-state index in [0.29, 0.717) is 32.2 Å². The first-order chi connectivity index (χ1) is 16.7. The summed E-state index contributed by atoms with van der Waals surface area (Å²) in [6, 6.07) is 16.8. The number of hydrogen-bond acceptors (Lipinski definition) is 6. The van der Waals surface area contributed by atoms with Crippen LogP contribution in [-0.4, -0.2) is 57.1 Å².